The number of tetrazole rings is 1. The molecule has 3 N–H and O–H groups in total. The number of H-pyrrole nitrogens is 1. The molecular weight excluding hydrogens is 264 g/mol. The lowest BCUT2D eigenvalue weighted by Crippen LogP contribution is -2.22. The minimum atomic E-state index is -1.42. The predicted molar refractivity (Wildman–Crippen MR) is 65.7 cm³/mol. The minimum Gasteiger partial charge on any atom is -0.479 e. The number of carboxylic acids is 1. The number of pyridine rings is 1. The number of carbonyl (C=O) groups is 1. The Morgan fingerprint density at radius 2 is 2.25 bits per heavy atom. The van der Waals surface area contributed by atoms with Crippen LogP contribution in [0.25, 0.3) is 17.2 Å². The van der Waals surface area contributed by atoms with Crippen LogP contribution < -0.4 is 0 Å². The molecule has 0 aliphatic carbocycles. The molecule has 0 saturated carbocycles. The quantitative estimate of drug-likeness (QED) is 0.584. The minimum absolute atomic E-state index is 0.0288. The number of fused-ring (bicyclic) bond motifs is 1. The lowest BCUT2D eigenvalue weighted by Gasteiger charge is -2.05. The Hall–Kier alpha value is -2.81. The van der Waals surface area contributed by atoms with Crippen LogP contribution in [0.5, 0.6) is 0 Å². The van der Waals surface area contributed by atoms with Crippen LogP contribution in [-0.2, 0) is 11.2 Å². The van der Waals surface area contributed by atoms with Crippen molar-refractivity contribution >= 4 is 11.6 Å². The molecule has 3 rings (SSSR count). The van der Waals surface area contributed by atoms with Gasteiger partial charge in [-0.3, -0.25) is 0 Å². The van der Waals surface area contributed by atoms with Crippen molar-refractivity contribution in [1.29, 1.82) is 0 Å². The van der Waals surface area contributed by atoms with Gasteiger partial charge in [-0.2, -0.15) is 5.21 Å². The lowest BCUT2D eigenvalue weighted by atomic mass is 10.1. The van der Waals surface area contributed by atoms with Gasteiger partial charge in [0.05, 0.1) is 0 Å². The molecule has 20 heavy (non-hydrogen) atoms. The highest BCUT2D eigenvalue weighted by molar-refractivity contribution is 5.72. The Bertz CT molecular complexity index is 751. The summed E-state index contributed by atoms with van der Waals surface area (Å²) in [5.74, 6) is -0.871. The van der Waals surface area contributed by atoms with E-state index in [0.717, 1.165) is 0 Å². The second kappa shape index (κ2) is 4.70. The summed E-state index contributed by atoms with van der Waals surface area (Å²) in [7, 11) is 0. The topological polar surface area (TPSA) is 129 Å². The van der Waals surface area contributed by atoms with Gasteiger partial charge >= 0.3 is 5.97 Å². The average molecular weight is 274 g/mol. The third-order valence-corrected chi connectivity index (χ3v) is 2.80. The molecule has 3 aromatic rings. The van der Waals surface area contributed by atoms with Gasteiger partial charge in [-0.25, -0.2) is 9.78 Å². The zero-order valence-corrected chi connectivity index (χ0v) is 10.1. The van der Waals surface area contributed by atoms with Crippen LogP contribution in [0.15, 0.2) is 24.5 Å². The summed E-state index contributed by atoms with van der Waals surface area (Å²) in [6.07, 6.45) is 2.02. The van der Waals surface area contributed by atoms with Crippen molar-refractivity contribution in [2.75, 3.05) is 0 Å². The number of aromatic amines is 1. The van der Waals surface area contributed by atoms with Gasteiger partial charge < -0.3 is 14.6 Å². The number of rotatable bonds is 4. The second-order valence-electron chi connectivity index (χ2n) is 4.22. The van der Waals surface area contributed by atoms with Gasteiger partial charge in [-0.05, 0) is 16.8 Å². The van der Waals surface area contributed by atoms with E-state index in [1.165, 1.54) is 0 Å². The predicted octanol–water partition coefficient (Wildman–Crippen LogP) is -0.498. The molecule has 0 spiro atoms. The van der Waals surface area contributed by atoms with Crippen molar-refractivity contribution in [2.24, 2.45) is 0 Å². The molecule has 102 valence electrons. The Morgan fingerprint density at radius 3 is 2.95 bits per heavy atom. The van der Waals surface area contributed by atoms with E-state index in [-0.39, 0.29) is 6.42 Å². The molecule has 0 radical (unpaired) electrons. The van der Waals surface area contributed by atoms with Crippen LogP contribution in [-0.4, -0.2) is 52.3 Å². The van der Waals surface area contributed by atoms with Crippen molar-refractivity contribution in [2.45, 2.75) is 12.5 Å². The van der Waals surface area contributed by atoms with Gasteiger partial charge in [0.2, 0.25) is 5.82 Å². The number of carboxylic acid groups (broad SMARTS) is 1. The number of nitrogens with zero attached hydrogens (tertiary/aromatic N) is 5. The Morgan fingerprint density at radius 1 is 1.40 bits per heavy atom. The maximum absolute atomic E-state index is 10.6. The van der Waals surface area contributed by atoms with Gasteiger partial charge in [0, 0.05) is 18.8 Å². The Labute approximate surface area is 111 Å². The van der Waals surface area contributed by atoms with Gasteiger partial charge in [0.1, 0.15) is 11.3 Å². The van der Waals surface area contributed by atoms with E-state index in [0.29, 0.717) is 22.7 Å². The molecule has 3 aromatic heterocycles. The molecule has 0 amide bonds. The first-order valence-corrected chi connectivity index (χ1v) is 5.76. The molecule has 0 fully saturated rings. The van der Waals surface area contributed by atoms with E-state index in [1.807, 2.05) is 0 Å². The number of aliphatic hydroxyl groups excluding tert-OH is 1. The second-order valence-corrected chi connectivity index (χ2v) is 4.22. The highest BCUT2D eigenvalue weighted by Crippen LogP contribution is 2.15. The third kappa shape index (κ3) is 2.21. The summed E-state index contributed by atoms with van der Waals surface area (Å²) < 4.78 is 1.72. The summed E-state index contributed by atoms with van der Waals surface area (Å²) >= 11 is 0. The SMILES string of the molecule is O=C(O)C(O)Cc1ccc2nc(-c3nn[nH]n3)cn2c1. The van der Waals surface area contributed by atoms with Gasteiger partial charge in [0.15, 0.2) is 6.10 Å². The van der Waals surface area contributed by atoms with Crippen molar-refractivity contribution in [3.63, 3.8) is 0 Å². The summed E-state index contributed by atoms with van der Waals surface area (Å²) in [6, 6.07) is 3.45. The Balaban J connectivity index is 1.93. The summed E-state index contributed by atoms with van der Waals surface area (Å²) in [4.78, 5) is 14.9. The van der Waals surface area contributed by atoms with E-state index in [4.69, 9.17) is 5.11 Å². The molecular formula is C11H10N6O3. The van der Waals surface area contributed by atoms with Gasteiger partial charge in [0.25, 0.3) is 0 Å². The zero-order chi connectivity index (χ0) is 14.1. The number of aliphatic hydroxyl groups is 1. The average Bonchev–Trinajstić information content (AvgIpc) is 3.06. The summed E-state index contributed by atoms with van der Waals surface area (Å²) in [5, 5.41) is 31.5. The van der Waals surface area contributed by atoms with Crippen LogP contribution in [0.4, 0.5) is 0 Å². The van der Waals surface area contributed by atoms with E-state index in [1.54, 1.807) is 28.9 Å². The lowest BCUT2D eigenvalue weighted by molar-refractivity contribution is -0.146. The van der Waals surface area contributed by atoms with Gasteiger partial charge in [-0.1, -0.05) is 6.07 Å². The van der Waals surface area contributed by atoms with Crippen molar-refractivity contribution in [1.82, 2.24) is 30.0 Å². The monoisotopic (exact) mass is 274 g/mol. The van der Waals surface area contributed by atoms with Crippen LogP contribution in [0.2, 0.25) is 0 Å². The molecule has 0 aromatic carbocycles. The van der Waals surface area contributed by atoms with E-state index < -0.39 is 12.1 Å². The van der Waals surface area contributed by atoms with Crippen molar-refractivity contribution < 1.29 is 15.0 Å². The third-order valence-electron chi connectivity index (χ3n) is 2.80. The first-order valence-electron chi connectivity index (χ1n) is 5.76. The number of hydrogen-bond donors (Lipinski definition) is 3. The number of nitrogens with one attached hydrogen (secondary N) is 1. The summed E-state index contributed by atoms with van der Waals surface area (Å²) in [6.45, 7) is 0. The molecule has 1 atom stereocenters. The molecule has 0 bridgehead atoms. The number of aromatic nitrogens is 6. The van der Waals surface area contributed by atoms with Crippen LogP contribution >= 0.6 is 0 Å². The molecule has 0 saturated heterocycles. The first-order chi connectivity index (χ1) is 9.63. The van der Waals surface area contributed by atoms with E-state index in [2.05, 4.69) is 25.6 Å². The van der Waals surface area contributed by atoms with Crippen molar-refractivity contribution in [3.8, 4) is 11.5 Å². The van der Waals surface area contributed by atoms with Gasteiger partial charge in [-0.15, -0.1) is 10.2 Å². The highest BCUT2D eigenvalue weighted by Gasteiger charge is 2.14. The molecule has 3 heterocycles. The molecule has 0 aliphatic rings. The van der Waals surface area contributed by atoms with E-state index >= 15 is 0 Å². The fraction of sp³-hybridized carbons (Fsp3) is 0.182. The highest BCUT2D eigenvalue weighted by atomic mass is 16.4. The fourth-order valence-electron chi connectivity index (χ4n) is 1.85. The maximum Gasteiger partial charge on any atom is 0.332 e. The zero-order valence-electron chi connectivity index (χ0n) is 10.1. The van der Waals surface area contributed by atoms with Crippen LogP contribution in [0.3, 0.4) is 0 Å². The number of aliphatic carboxylic acids is 1. The van der Waals surface area contributed by atoms with Crippen LogP contribution in [0.1, 0.15) is 5.56 Å². The molecule has 9 heteroatoms. The molecule has 1 unspecified atom stereocenters. The summed E-state index contributed by atoms with van der Waals surface area (Å²) in [5.41, 5.74) is 1.90. The van der Waals surface area contributed by atoms with Crippen LogP contribution in [0, 0.1) is 0 Å². The number of hydrogen-bond acceptors (Lipinski definition) is 6. The fourth-order valence-corrected chi connectivity index (χ4v) is 1.85. The molecule has 9 nitrogen and oxygen atoms in total. The largest absolute Gasteiger partial charge is 0.479 e. The number of imidazole rings is 1. The van der Waals surface area contributed by atoms with E-state index in [9.17, 15) is 9.90 Å². The molecule has 0 aliphatic heterocycles. The Kier molecular flexibility index (Phi) is 2.88. The maximum atomic E-state index is 10.6. The smallest absolute Gasteiger partial charge is 0.332 e. The van der Waals surface area contributed by atoms with Crippen molar-refractivity contribution in [3.05, 3.63) is 30.1 Å². The standard InChI is InChI=1S/C11H10N6O3/c18-8(11(19)20)3-6-1-2-9-12-7(5-17(9)4-6)10-13-15-16-14-10/h1-2,4-5,8,18H,3H2,(H,19,20)(H,13,14,15,16). The first kappa shape index (κ1) is 12.2. The normalized spacial score (nSPS) is 12.7.